The van der Waals surface area contributed by atoms with Gasteiger partial charge in [0.25, 0.3) is 0 Å². The standard InChI is InChI=1S/C30H36N4O7/c1-14-7-17-8-19-21(10-31)34-20(25(33(19)4)23(17)29(27(14)38-6)39-12-37-5)9-18-24(22(34)11-32-16(3)35)30-28(40-13-41-30)15(2)26(18)36/h7,19-22,25,36H,8-9,11-13H2,1-6H3,(H,32,35)/t19-,20?,21+,22+,25-/m1/s1. The number of benzene rings is 2. The van der Waals surface area contributed by atoms with Gasteiger partial charge in [0.15, 0.2) is 29.8 Å². The van der Waals surface area contributed by atoms with Crippen LogP contribution in [0.4, 0.5) is 0 Å². The first-order chi connectivity index (χ1) is 19.7. The number of hydrogen-bond donors (Lipinski definition) is 2. The molecule has 0 spiro atoms. The molecule has 1 saturated heterocycles. The lowest BCUT2D eigenvalue weighted by atomic mass is 9.71. The number of methoxy groups -OCH3 is 2. The molecule has 1 amide bonds. The van der Waals surface area contributed by atoms with Gasteiger partial charge in [-0.3, -0.25) is 14.6 Å². The first-order valence-electron chi connectivity index (χ1n) is 13.8. The van der Waals surface area contributed by atoms with Gasteiger partial charge in [0, 0.05) is 54.9 Å². The number of ether oxygens (including phenoxy) is 5. The Kier molecular flexibility index (Phi) is 6.88. The van der Waals surface area contributed by atoms with Crippen molar-refractivity contribution < 1.29 is 33.6 Å². The molecule has 1 unspecified atom stereocenters. The number of aryl methyl sites for hydroxylation is 1. The lowest BCUT2D eigenvalue weighted by Crippen LogP contribution is -2.68. The number of fused-ring (bicyclic) bond motifs is 9. The fourth-order valence-corrected chi connectivity index (χ4v) is 7.52. The number of nitrogens with one attached hydrogen (secondary N) is 1. The van der Waals surface area contributed by atoms with Crippen LogP contribution in [0, 0.1) is 25.2 Å². The zero-order valence-electron chi connectivity index (χ0n) is 24.2. The van der Waals surface area contributed by atoms with Gasteiger partial charge < -0.3 is 34.1 Å². The number of piperazine rings is 1. The quantitative estimate of drug-likeness (QED) is 0.506. The van der Waals surface area contributed by atoms with Crippen LogP contribution in [0.3, 0.4) is 0 Å². The van der Waals surface area contributed by atoms with Crippen LogP contribution < -0.4 is 24.3 Å². The third kappa shape index (κ3) is 4.00. The lowest BCUT2D eigenvalue weighted by molar-refractivity contribution is -0.120. The second-order valence-corrected chi connectivity index (χ2v) is 11.2. The predicted molar refractivity (Wildman–Crippen MR) is 147 cm³/mol. The molecule has 5 atom stereocenters. The molecule has 4 aliphatic rings. The van der Waals surface area contributed by atoms with Crippen molar-refractivity contribution in [1.29, 1.82) is 5.26 Å². The van der Waals surface area contributed by atoms with Crippen LogP contribution in [0.2, 0.25) is 0 Å². The molecule has 1 fully saturated rings. The molecule has 0 saturated carbocycles. The van der Waals surface area contributed by atoms with Crippen molar-refractivity contribution in [2.45, 2.75) is 63.8 Å². The molecule has 0 aliphatic carbocycles. The number of hydrogen-bond acceptors (Lipinski definition) is 10. The van der Waals surface area contributed by atoms with E-state index in [4.69, 9.17) is 23.7 Å². The van der Waals surface area contributed by atoms with E-state index in [2.05, 4.69) is 34.3 Å². The molecule has 41 heavy (non-hydrogen) atoms. The van der Waals surface area contributed by atoms with Gasteiger partial charge in [-0.25, -0.2) is 0 Å². The molecule has 11 nitrogen and oxygen atoms in total. The maximum absolute atomic E-state index is 12.2. The van der Waals surface area contributed by atoms with Crippen molar-refractivity contribution in [3.05, 3.63) is 39.4 Å². The summed E-state index contributed by atoms with van der Waals surface area (Å²) in [6, 6.07) is 3.25. The van der Waals surface area contributed by atoms with Crippen molar-refractivity contribution in [3.8, 4) is 34.8 Å². The molecular weight excluding hydrogens is 528 g/mol. The van der Waals surface area contributed by atoms with Gasteiger partial charge in [0.2, 0.25) is 12.7 Å². The number of phenols is 1. The number of rotatable bonds is 6. The number of carbonyl (C=O) groups is 1. The smallest absolute Gasteiger partial charge is 0.231 e. The minimum atomic E-state index is -0.492. The van der Waals surface area contributed by atoms with E-state index in [-0.39, 0.29) is 49.9 Å². The van der Waals surface area contributed by atoms with Crippen LogP contribution in [0.1, 0.15) is 52.4 Å². The topological polar surface area (TPSA) is 126 Å². The Hall–Kier alpha value is -3.72. The second kappa shape index (κ2) is 10.3. The average molecular weight is 565 g/mol. The fraction of sp³-hybridized carbons (Fsp3) is 0.533. The summed E-state index contributed by atoms with van der Waals surface area (Å²) in [7, 11) is 5.26. The minimum absolute atomic E-state index is 0.0464. The van der Waals surface area contributed by atoms with Crippen LogP contribution in [-0.2, 0) is 22.4 Å². The van der Waals surface area contributed by atoms with Crippen LogP contribution in [-0.4, -0.2) is 80.3 Å². The molecule has 2 aromatic carbocycles. The van der Waals surface area contributed by atoms with Gasteiger partial charge in [-0.1, -0.05) is 6.07 Å². The van der Waals surface area contributed by atoms with Crippen LogP contribution in [0.15, 0.2) is 6.07 Å². The van der Waals surface area contributed by atoms with Crippen LogP contribution in [0.5, 0.6) is 28.7 Å². The molecule has 6 rings (SSSR count). The summed E-state index contributed by atoms with van der Waals surface area (Å²) in [6.45, 7) is 5.63. The van der Waals surface area contributed by atoms with E-state index < -0.39 is 12.1 Å². The Morgan fingerprint density at radius 3 is 2.61 bits per heavy atom. The Balaban J connectivity index is 1.60. The molecule has 0 aromatic heterocycles. The van der Waals surface area contributed by atoms with E-state index in [1.807, 2.05) is 13.8 Å². The average Bonchev–Trinajstić information content (AvgIpc) is 3.43. The van der Waals surface area contributed by atoms with E-state index in [0.717, 1.165) is 27.8 Å². The maximum atomic E-state index is 12.2. The van der Waals surface area contributed by atoms with E-state index in [9.17, 15) is 15.2 Å². The normalized spacial score (nSPS) is 25.9. The monoisotopic (exact) mass is 564 g/mol. The third-order valence-corrected chi connectivity index (χ3v) is 9.14. The fourth-order valence-electron chi connectivity index (χ4n) is 7.52. The number of amides is 1. The second-order valence-electron chi connectivity index (χ2n) is 11.2. The first kappa shape index (κ1) is 27.4. The third-order valence-electron chi connectivity index (χ3n) is 9.14. The number of phenolic OH excluding ortho intramolecular Hbond substituents is 1. The predicted octanol–water partition coefficient (Wildman–Crippen LogP) is 2.64. The Labute approximate surface area is 239 Å². The first-order valence-corrected chi connectivity index (χ1v) is 13.8. The van der Waals surface area contributed by atoms with Gasteiger partial charge >= 0.3 is 0 Å². The highest BCUT2D eigenvalue weighted by molar-refractivity contribution is 5.73. The molecule has 218 valence electrons. The number of nitriles is 1. The number of aromatic hydroxyl groups is 1. The molecule has 2 aromatic rings. The summed E-state index contributed by atoms with van der Waals surface area (Å²) < 4.78 is 29.1. The molecule has 4 aliphatic heterocycles. The number of nitrogens with zero attached hydrogens (tertiary/aromatic N) is 3. The Bertz CT molecular complexity index is 1450. The Morgan fingerprint density at radius 2 is 1.93 bits per heavy atom. The summed E-state index contributed by atoms with van der Waals surface area (Å²) >= 11 is 0. The van der Waals surface area contributed by atoms with E-state index in [0.29, 0.717) is 41.4 Å². The molecule has 0 radical (unpaired) electrons. The summed E-state index contributed by atoms with van der Waals surface area (Å²) in [6.07, 6.45) is 1.09. The summed E-state index contributed by atoms with van der Waals surface area (Å²) in [4.78, 5) is 16.7. The van der Waals surface area contributed by atoms with Crippen molar-refractivity contribution in [2.75, 3.05) is 41.4 Å². The number of likely N-dealkylation sites (N-methyl/N-ethyl adjacent to an activating group) is 1. The SMILES string of the molecule is COCOc1c(OC)c(C)cc2c1[C@H]1C3Cc4c(O)c(C)c5c(c4[C@H](CNC(C)=O)N3[C@@H](C#N)[C@@H](C2)N1C)OCO5. The van der Waals surface area contributed by atoms with Crippen LogP contribution >= 0.6 is 0 Å². The highest BCUT2D eigenvalue weighted by atomic mass is 16.7. The molecule has 11 heteroatoms. The molecule has 2 bridgehead atoms. The summed E-state index contributed by atoms with van der Waals surface area (Å²) in [5, 5.41) is 25.2. The molecule has 2 N–H and O–H groups in total. The summed E-state index contributed by atoms with van der Waals surface area (Å²) in [5.41, 5.74) is 5.19. The van der Waals surface area contributed by atoms with Gasteiger partial charge in [-0.2, -0.15) is 5.26 Å². The number of carbonyl (C=O) groups excluding carboxylic acids is 1. The van der Waals surface area contributed by atoms with Crippen molar-refractivity contribution in [1.82, 2.24) is 15.1 Å². The van der Waals surface area contributed by atoms with E-state index in [1.165, 1.54) is 6.92 Å². The summed E-state index contributed by atoms with van der Waals surface area (Å²) in [5.74, 6) is 2.34. The lowest BCUT2D eigenvalue weighted by Gasteiger charge is -2.60. The van der Waals surface area contributed by atoms with E-state index in [1.54, 1.807) is 14.2 Å². The highest BCUT2D eigenvalue weighted by Crippen LogP contribution is 2.58. The van der Waals surface area contributed by atoms with Gasteiger partial charge in [-0.05, 0) is 44.9 Å². The van der Waals surface area contributed by atoms with Crippen molar-refractivity contribution in [2.24, 2.45) is 0 Å². The van der Waals surface area contributed by atoms with Crippen molar-refractivity contribution >= 4 is 5.91 Å². The molecular formula is C30H36N4O7. The van der Waals surface area contributed by atoms with Gasteiger partial charge in [0.1, 0.15) is 11.8 Å². The maximum Gasteiger partial charge on any atom is 0.231 e. The van der Waals surface area contributed by atoms with Gasteiger partial charge in [0.05, 0.1) is 25.3 Å². The Morgan fingerprint density at radius 1 is 1.17 bits per heavy atom. The molecule has 4 heterocycles. The highest BCUT2D eigenvalue weighted by Gasteiger charge is 2.56. The minimum Gasteiger partial charge on any atom is -0.507 e. The van der Waals surface area contributed by atoms with Crippen LogP contribution in [0.25, 0.3) is 0 Å². The zero-order chi connectivity index (χ0) is 29.2. The van der Waals surface area contributed by atoms with E-state index >= 15 is 0 Å². The van der Waals surface area contributed by atoms with Gasteiger partial charge in [-0.15, -0.1) is 0 Å². The largest absolute Gasteiger partial charge is 0.507 e. The van der Waals surface area contributed by atoms with Crippen molar-refractivity contribution in [3.63, 3.8) is 0 Å². The zero-order valence-corrected chi connectivity index (χ0v) is 24.2.